The Morgan fingerprint density at radius 1 is 1.19 bits per heavy atom. The molecule has 1 fully saturated rings. The Balaban J connectivity index is 2.02. The molecule has 0 atom stereocenters. The summed E-state index contributed by atoms with van der Waals surface area (Å²) in [5.41, 5.74) is 0.945. The van der Waals surface area contributed by atoms with Crippen LogP contribution in [0.2, 0.25) is 10.0 Å². The van der Waals surface area contributed by atoms with E-state index >= 15 is 0 Å². The molecule has 1 aliphatic heterocycles. The van der Waals surface area contributed by atoms with Crippen LogP contribution in [0.15, 0.2) is 23.3 Å². The van der Waals surface area contributed by atoms with Crippen LogP contribution in [0, 0.1) is 0 Å². The number of rotatable bonds is 2. The van der Waals surface area contributed by atoms with Crippen LogP contribution in [0.5, 0.6) is 0 Å². The van der Waals surface area contributed by atoms with Gasteiger partial charge >= 0.3 is 0 Å². The zero-order valence-electron chi connectivity index (χ0n) is 8.70. The third-order valence-electron chi connectivity index (χ3n) is 2.30. The zero-order valence-corrected chi connectivity index (χ0v) is 10.2. The molecule has 0 aliphatic carbocycles. The molecule has 0 spiro atoms. The first-order chi connectivity index (χ1) is 7.75. The summed E-state index contributed by atoms with van der Waals surface area (Å²) in [7, 11) is 0. The standard InChI is InChI=1S/C11H12Cl2N2O/c12-10-2-1-9(7-11(10)13)8-14-15-3-5-16-6-4-15/h1-2,7-8H,3-6H2/b14-8+. The summed E-state index contributed by atoms with van der Waals surface area (Å²) in [5.74, 6) is 0. The maximum atomic E-state index is 5.91. The first-order valence-electron chi connectivity index (χ1n) is 5.07. The van der Waals surface area contributed by atoms with Crippen LogP contribution < -0.4 is 0 Å². The predicted octanol–water partition coefficient (Wildman–Crippen LogP) is 2.66. The van der Waals surface area contributed by atoms with E-state index in [2.05, 4.69) is 5.10 Å². The second-order valence-electron chi connectivity index (χ2n) is 3.48. The lowest BCUT2D eigenvalue weighted by atomic mass is 10.2. The van der Waals surface area contributed by atoms with Crippen LogP contribution in [-0.2, 0) is 4.74 Å². The number of hydrazone groups is 1. The molecule has 2 rings (SSSR count). The van der Waals surface area contributed by atoms with Crippen molar-refractivity contribution in [1.29, 1.82) is 0 Å². The second-order valence-corrected chi connectivity index (χ2v) is 4.30. The van der Waals surface area contributed by atoms with E-state index in [1.54, 1.807) is 18.3 Å². The van der Waals surface area contributed by atoms with Crippen molar-refractivity contribution in [2.75, 3.05) is 26.3 Å². The van der Waals surface area contributed by atoms with E-state index in [1.807, 2.05) is 11.1 Å². The Morgan fingerprint density at radius 2 is 1.94 bits per heavy atom. The van der Waals surface area contributed by atoms with E-state index in [-0.39, 0.29) is 0 Å². The monoisotopic (exact) mass is 258 g/mol. The minimum atomic E-state index is 0.549. The number of hydrogen-bond donors (Lipinski definition) is 0. The molecular weight excluding hydrogens is 247 g/mol. The van der Waals surface area contributed by atoms with Crippen LogP contribution in [-0.4, -0.2) is 37.5 Å². The summed E-state index contributed by atoms with van der Waals surface area (Å²) in [5, 5.41) is 7.44. The zero-order chi connectivity index (χ0) is 11.4. The van der Waals surface area contributed by atoms with Crippen LogP contribution in [0.3, 0.4) is 0 Å². The molecule has 1 aromatic carbocycles. The topological polar surface area (TPSA) is 24.8 Å². The highest BCUT2D eigenvalue weighted by Crippen LogP contribution is 2.21. The molecule has 5 heteroatoms. The molecular formula is C11H12Cl2N2O. The SMILES string of the molecule is Clc1ccc(/C=N/N2CCOCC2)cc1Cl. The van der Waals surface area contributed by atoms with Crippen molar-refractivity contribution >= 4 is 29.4 Å². The van der Waals surface area contributed by atoms with Crippen molar-refractivity contribution in [1.82, 2.24) is 5.01 Å². The molecule has 1 heterocycles. The van der Waals surface area contributed by atoms with Crippen LogP contribution in [0.25, 0.3) is 0 Å². The molecule has 16 heavy (non-hydrogen) atoms. The third kappa shape index (κ3) is 3.11. The van der Waals surface area contributed by atoms with Crippen LogP contribution in [0.1, 0.15) is 5.56 Å². The molecule has 1 saturated heterocycles. The van der Waals surface area contributed by atoms with E-state index < -0.39 is 0 Å². The molecule has 86 valence electrons. The first-order valence-corrected chi connectivity index (χ1v) is 5.83. The fourth-order valence-corrected chi connectivity index (χ4v) is 1.72. The summed E-state index contributed by atoms with van der Waals surface area (Å²) in [6.45, 7) is 3.13. The molecule has 0 bridgehead atoms. The quantitative estimate of drug-likeness (QED) is 0.763. The van der Waals surface area contributed by atoms with Crippen molar-refractivity contribution in [3.63, 3.8) is 0 Å². The Kier molecular flexibility index (Phi) is 4.04. The highest BCUT2D eigenvalue weighted by molar-refractivity contribution is 6.42. The van der Waals surface area contributed by atoms with Gasteiger partial charge in [0.25, 0.3) is 0 Å². The van der Waals surface area contributed by atoms with Gasteiger partial charge in [-0.1, -0.05) is 29.3 Å². The van der Waals surface area contributed by atoms with Gasteiger partial charge < -0.3 is 4.74 Å². The maximum Gasteiger partial charge on any atom is 0.0659 e. The number of morpholine rings is 1. The number of benzene rings is 1. The molecule has 0 radical (unpaired) electrons. The summed E-state index contributed by atoms with van der Waals surface area (Å²) in [6.07, 6.45) is 1.79. The number of halogens is 2. The van der Waals surface area contributed by atoms with E-state index in [0.717, 1.165) is 31.9 Å². The lowest BCUT2D eigenvalue weighted by molar-refractivity contribution is 0.0397. The van der Waals surface area contributed by atoms with E-state index in [0.29, 0.717) is 10.0 Å². The maximum absolute atomic E-state index is 5.91. The summed E-state index contributed by atoms with van der Waals surface area (Å²) < 4.78 is 5.23. The molecule has 0 amide bonds. The predicted molar refractivity (Wildman–Crippen MR) is 66.4 cm³/mol. The molecule has 0 aromatic heterocycles. The Bertz CT molecular complexity index is 390. The molecule has 1 aromatic rings. The molecule has 0 saturated carbocycles. The fourth-order valence-electron chi connectivity index (χ4n) is 1.41. The van der Waals surface area contributed by atoms with E-state index in [1.165, 1.54) is 0 Å². The Hall–Kier alpha value is -0.770. The summed E-state index contributed by atoms with van der Waals surface area (Å²) in [6, 6.07) is 5.45. The van der Waals surface area contributed by atoms with Crippen molar-refractivity contribution in [2.24, 2.45) is 5.10 Å². The Labute approximate surface area is 105 Å². The number of nitrogens with zero attached hydrogens (tertiary/aromatic N) is 2. The lowest BCUT2D eigenvalue weighted by Crippen LogP contribution is -2.32. The van der Waals surface area contributed by atoms with E-state index in [4.69, 9.17) is 27.9 Å². The third-order valence-corrected chi connectivity index (χ3v) is 3.04. The lowest BCUT2D eigenvalue weighted by Gasteiger charge is -2.23. The summed E-state index contributed by atoms with van der Waals surface area (Å²) in [4.78, 5) is 0. The molecule has 0 unspecified atom stereocenters. The summed E-state index contributed by atoms with van der Waals surface area (Å²) >= 11 is 11.7. The van der Waals surface area contributed by atoms with Crippen LogP contribution in [0.4, 0.5) is 0 Å². The van der Waals surface area contributed by atoms with Gasteiger partial charge in [-0.2, -0.15) is 5.10 Å². The smallest absolute Gasteiger partial charge is 0.0659 e. The van der Waals surface area contributed by atoms with Gasteiger partial charge in [-0.3, -0.25) is 5.01 Å². The van der Waals surface area contributed by atoms with Crippen molar-refractivity contribution in [3.8, 4) is 0 Å². The minimum Gasteiger partial charge on any atom is -0.378 e. The second kappa shape index (κ2) is 5.53. The van der Waals surface area contributed by atoms with Gasteiger partial charge in [0.15, 0.2) is 0 Å². The number of ether oxygens (including phenoxy) is 1. The average Bonchev–Trinajstić information content (AvgIpc) is 2.32. The van der Waals surface area contributed by atoms with Gasteiger partial charge in [0.1, 0.15) is 0 Å². The fraction of sp³-hybridized carbons (Fsp3) is 0.364. The largest absolute Gasteiger partial charge is 0.378 e. The van der Waals surface area contributed by atoms with Crippen LogP contribution >= 0.6 is 23.2 Å². The Morgan fingerprint density at radius 3 is 2.62 bits per heavy atom. The van der Waals surface area contributed by atoms with Crippen molar-refractivity contribution in [2.45, 2.75) is 0 Å². The van der Waals surface area contributed by atoms with Gasteiger partial charge in [-0.15, -0.1) is 0 Å². The highest BCUT2D eigenvalue weighted by atomic mass is 35.5. The van der Waals surface area contributed by atoms with Gasteiger partial charge in [0, 0.05) is 0 Å². The first kappa shape index (κ1) is 11.7. The van der Waals surface area contributed by atoms with E-state index in [9.17, 15) is 0 Å². The average molecular weight is 259 g/mol. The van der Waals surface area contributed by atoms with Gasteiger partial charge in [-0.25, -0.2) is 0 Å². The van der Waals surface area contributed by atoms with Gasteiger partial charge in [0.05, 0.1) is 42.6 Å². The van der Waals surface area contributed by atoms with Gasteiger partial charge in [-0.05, 0) is 17.7 Å². The van der Waals surface area contributed by atoms with Crippen molar-refractivity contribution in [3.05, 3.63) is 33.8 Å². The minimum absolute atomic E-state index is 0.549. The highest BCUT2D eigenvalue weighted by Gasteiger charge is 2.06. The van der Waals surface area contributed by atoms with Crippen molar-refractivity contribution < 1.29 is 4.74 Å². The van der Waals surface area contributed by atoms with Gasteiger partial charge in [0.2, 0.25) is 0 Å². The normalized spacial score (nSPS) is 17.0. The molecule has 3 nitrogen and oxygen atoms in total. The molecule has 0 N–H and O–H groups in total. The number of hydrogen-bond acceptors (Lipinski definition) is 3. The molecule has 1 aliphatic rings.